The number of hydrogen-bond acceptors (Lipinski definition) is 16. The predicted octanol–water partition coefficient (Wildman–Crippen LogP) is 9.03. The molecule has 20 heteroatoms. The number of ether oxygens (including phenoxy) is 2. The van der Waals surface area contributed by atoms with Crippen LogP contribution in [0.1, 0.15) is 72.5 Å². The van der Waals surface area contributed by atoms with Crippen LogP contribution < -0.4 is 9.47 Å². The van der Waals surface area contributed by atoms with Crippen LogP contribution in [0.15, 0.2) is 106 Å². The summed E-state index contributed by atoms with van der Waals surface area (Å²) in [6.07, 6.45) is 6.54. The second kappa shape index (κ2) is 25.3. The molecule has 8 aromatic rings. The van der Waals surface area contributed by atoms with Gasteiger partial charge in [-0.15, -0.1) is 22.7 Å². The molecule has 2 saturated heterocycles. The van der Waals surface area contributed by atoms with Crippen molar-refractivity contribution < 1.29 is 68.1 Å². The fraction of sp³-hybridized carbons (Fsp3) is 0.370. The minimum absolute atomic E-state index is 0.272. The van der Waals surface area contributed by atoms with Crippen LogP contribution in [-0.2, 0) is 19.2 Å². The number of aromatic nitrogens is 2. The number of aliphatic hydroxyl groups excluding tert-OH is 2. The molecular weight excluding hydrogens is 993 g/mol. The predicted molar refractivity (Wildman–Crippen MR) is 281 cm³/mol. The summed E-state index contributed by atoms with van der Waals surface area (Å²) in [5.74, 6) is -4.80. The molecule has 6 atom stereocenters. The first kappa shape index (κ1) is 54.8. The van der Waals surface area contributed by atoms with Gasteiger partial charge in [0.1, 0.15) is 48.1 Å². The van der Waals surface area contributed by atoms with Gasteiger partial charge in [-0.25, -0.2) is 29.1 Å². The molecule has 392 valence electrons. The number of β-amino-alcohol motifs (C(OH)–C–C–N with tert-alkyl or cyclic N) is 2. The number of aliphatic hydroxyl groups is 2. The first-order valence-electron chi connectivity index (χ1n) is 24.1. The molecular formula is C54H60N4O14S2. The average Bonchev–Trinajstić information content (AvgIpc) is 4.22. The minimum Gasteiger partial charge on any atom is -0.490 e. The molecule has 2 fully saturated rings. The Hall–Kier alpha value is -6.94. The minimum atomic E-state index is -1.82. The third-order valence-corrected chi connectivity index (χ3v) is 15.4. The first-order chi connectivity index (χ1) is 35.4. The monoisotopic (exact) mass is 1050 g/mol. The van der Waals surface area contributed by atoms with Gasteiger partial charge in [0.2, 0.25) is 0 Å². The van der Waals surface area contributed by atoms with Gasteiger partial charge in [0.05, 0.1) is 53.7 Å². The van der Waals surface area contributed by atoms with Crippen molar-refractivity contribution in [2.24, 2.45) is 0 Å². The van der Waals surface area contributed by atoms with Crippen molar-refractivity contribution in [1.29, 1.82) is 0 Å². The lowest BCUT2D eigenvalue weighted by Gasteiger charge is -2.38. The quantitative estimate of drug-likeness (QED) is 0.0623. The number of carbonyl (C=O) groups is 4. The topological polar surface area (TPSA) is 267 Å². The Morgan fingerprint density at radius 3 is 1.32 bits per heavy atom. The SMILES string of the molecule is Cc1cccc2sc([C@@H]3CCN(C[C@H](O)COc4cccc5occc45)[C@@H](C)C3)nc12.Cc1cccc2sc([C@H]3CCN(C[C@H](O)COc4cccc5occc45)[C@H](C)C3)nc12.O=C(O)C(=O)O.O=C(O)C(=O)O. The lowest BCUT2D eigenvalue weighted by molar-refractivity contribution is -0.159. The molecule has 0 unspecified atom stereocenters. The molecule has 74 heavy (non-hydrogen) atoms. The molecule has 18 nitrogen and oxygen atoms in total. The fourth-order valence-electron chi connectivity index (χ4n) is 9.19. The van der Waals surface area contributed by atoms with E-state index >= 15 is 0 Å². The summed E-state index contributed by atoms with van der Waals surface area (Å²) >= 11 is 3.67. The number of hydrogen-bond donors (Lipinski definition) is 6. The Kier molecular flexibility index (Phi) is 18.8. The van der Waals surface area contributed by atoms with E-state index in [-0.39, 0.29) is 13.2 Å². The van der Waals surface area contributed by atoms with Gasteiger partial charge in [0, 0.05) is 37.0 Å². The number of aryl methyl sites for hydroxylation is 2. The number of benzene rings is 4. The van der Waals surface area contributed by atoms with Gasteiger partial charge in [-0.2, -0.15) is 0 Å². The highest BCUT2D eigenvalue weighted by atomic mass is 32.1. The Balaban J connectivity index is 0.000000177. The van der Waals surface area contributed by atoms with Gasteiger partial charge in [-0.1, -0.05) is 36.4 Å². The number of carboxylic acid groups (broad SMARTS) is 4. The third kappa shape index (κ3) is 14.2. The van der Waals surface area contributed by atoms with E-state index in [0.29, 0.717) is 37.0 Å². The normalized spacial score (nSPS) is 18.8. The Morgan fingerprint density at radius 2 is 0.973 bits per heavy atom. The van der Waals surface area contributed by atoms with Gasteiger partial charge >= 0.3 is 23.9 Å². The van der Waals surface area contributed by atoms with E-state index in [1.807, 2.05) is 71.2 Å². The van der Waals surface area contributed by atoms with Crippen molar-refractivity contribution in [2.75, 3.05) is 39.4 Å². The van der Waals surface area contributed by atoms with Crippen molar-refractivity contribution in [1.82, 2.24) is 19.8 Å². The van der Waals surface area contributed by atoms with Crippen LogP contribution in [0.25, 0.3) is 42.4 Å². The average molecular weight is 1050 g/mol. The van der Waals surface area contributed by atoms with Crippen LogP contribution in [0.2, 0.25) is 0 Å². The van der Waals surface area contributed by atoms with E-state index < -0.39 is 36.1 Å². The number of carboxylic acids is 4. The number of furan rings is 2. The molecule has 4 aromatic heterocycles. The van der Waals surface area contributed by atoms with Crippen molar-refractivity contribution in [3.63, 3.8) is 0 Å². The van der Waals surface area contributed by atoms with E-state index in [1.54, 1.807) is 12.5 Å². The maximum Gasteiger partial charge on any atom is 0.414 e. The van der Waals surface area contributed by atoms with Crippen LogP contribution >= 0.6 is 22.7 Å². The first-order valence-corrected chi connectivity index (χ1v) is 25.8. The number of likely N-dealkylation sites (tertiary alicyclic amines) is 2. The molecule has 0 spiro atoms. The third-order valence-electron chi connectivity index (χ3n) is 13.0. The van der Waals surface area contributed by atoms with E-state index in [2.05, 4.69) is 73.9 Å². The lowest BCUT2D eigenvalue weighted by atomic mass is 9.92. The molecule has 4 aromatic carbocycles. The van der Waals surface area contributed by atoms with Crippen LogP contribution in [-0.4, -0.2) is 138 Å². The van der Waals surface area contributed by atoms with Gasteiger partial charge in [0.25, 0.3) is 0 Å². The molecule has 0 bridgehead atoms. The summed E-state index contributed by atoms with van der Waals surface area (Å²) in [7, 11) is 0. The molecule has 6 N–H and O–H groups in total. The molecule has 10 rings (SSSR count). The summed E-state index contributed by atoms with van der Waals surface area (Å²) in [5, 5.41) is 55.2. The second-order valence-corrected chi connectivity index (χ2v) is 20.5. The summed E-state index contributed by atoms with van der Waals surface area (Å²) in [6, 6.07) is 28.9. The van der Waals surface area contributed by atoms with Gasteiger partial charge in [0.15, 0.2) is 0 Å². The van der Waals surface area contributed by atoms with Crippen LogP contribution in [0.5, 0.6) is 11.5 Å². The number of rotatable bonds is 12. The Bertz CT molecular complexity index is 2950. The summed E-state index contributed by atoms with van der Waals surface area (Å²) in [4.78, 5) is 51.1. The number of aliphatic carboxylic acids is 4. The highest BCUT2D eigenvalue weighted by molar-refractivity contribution is 7.19. The summed E-state index contributed by atoms with van der Waals surface area (Å²) in [5.41, 5.74) is 6.40. The maximum absolute atomic E-state index is 10.6. The summed E-state index contributed by atoms with van der Waals surface area (Å²) in [6.45, 7) is 12.5. The van der Waals surface area contributed by atoms with E-state index in [0.717, 1.165) is 83.2 Å². The summed E-state index contributed by atoms with van der Waals surface area (Å²) < 4.78 is 25.2. The Labute approximate surface area is 434 Å². The fourth-order valence-corrected chi connectivity index (χ4v) is 11.6. The maximum atomic E-state index is 10.6. The standard InChI is InChI=1S/2C25H28N2O3S.2C2H2O4/c2*1-16-5-3-8-23-24(16)26-25(31-23)18-9-11-27(17(2)13-18)14-19(28)15-30-22-7-4-6-21-20(22)10-12-29-21;2*3-1(4)2(5)6/h2*3-8,10,12,17-19,28H,9,11,13-15H2,1-2H3;2*(H,3,4)(H,5,6)/t17-,18+,19+;17-,18+,19-;;/m10../s1. The van der Waals surface area contributed by atoms with Crippen LogP contribution in [0.4, 0.5) is 0 Å². The zero-order valence-corrected chi connectivity index (χ0v) is 43.0. The van der Waals surface area contributed by atoms with E-state index in [9.17, 15) is 10.2 Å². The largest absolute Gasteiger partial charge is 0.490 e. The molecule has 2 aliphatic rings. The number of piperidine rings is 2. The number of fused-ring (bicyclic) bond motifs is 4. The molecule has 0 saturated carbocycles. The molecule has 0 aliphatic carbocycles. The zero-order valence-electron chi connectivity index (χ0n) is 41.3. The molecule has 6 heterocycles. The van der Waals surface area contributed by atoms with Gasteiger partial charge in [-0.3, -0.25) is 9.80 Å². The smallest absolute Gasteiger partial charge is 0.414 e. The van der Waals surface area contributed by atoms with Crippen LogP contribution in [0.3, 0.4) is 0 Å². The number of nitrogens with zero attached hydrogens (tertiary/aromatic N) is 4. The van der Waals surface area contributed by atoms with E-state index in [4.69, 9.17) is 67.9 Å². The highest BCUT2D eigenvalue weighted by Crippen LogP contribution is 2.39. The van der Waals surface area contributed by atoms with Crippen molar-refractivity contribution in [2.45, 2.75) is 89.5 Å². The zero-order chi connectivity index (χ0) is 53.1. The molecule has 0 amide bonds. The van der Waals surface area contributed by atoms with Crippen LogP contribution in [0, 0.1) is 13.8 Å². The van der Waals surface area contributed by atoms with Crippen molar-refractivity contribution in [3.8, 4) is 11.5 Å². The highest BCUT2D eigenvalue weighted by Gasteiger charge is 2.31. The molecule has 2 aliphatic heterocycles. The lowest BCUT2D eigenvalue weighted by Crippen LogP contribution is -2.45. The molecule has 0 radical (unpaired) electrons. The van der Waals surface area contributed by atoms with Crippen molar-refractivity contribution >= 4 is 88.9 Å². The van der Waals surface area contributed by atoms with Gasteiger partial charge < -0.3 is 48.9 Å². The second-order valence-electron chi connectivity index (χ2n) is 18.4. The number of para-hydroxylation sites is 2. The van der Waals surface area contributed by atoms with Gasteiger partial charge in [-0.05, 0) is 126 Å². The van der Waals surface area contributed by atoms with Crippen molar-refractivity contribution in [3.05, 3.63) is 119 Å². The Morgan fingerprint density at radius 1 is 0.595 bits per heavy atom. The van der Waals surface area contributed by atoms with E-state index in [1.165, 1.54) is 30.5 Å². The number of thiazole rings is 2.